The Morgan fingerprint density at radius 3 is 2.90 bits per heavy atom. The molecular weight excluding hydrogens is 388 g/mol. The minimum absolute atomic E-state index is 0.129. The van der Waals surface area contributed by atoms with Crippen LogP contribution in [0.2, 0.25) is 0 Å². The van der Waals surface area contributed by atoms with Crippen molar-refractivity contribution in [3.05, 3.63) is 40.6 Å². The third-order valence-corrected chi connectivity index (χ3v) is 7.01. The van der Waals surface area contributed by atoms with Gasteiger partial charge in [0.1, 0.15) is 5.82 Å². The lowest BCUT2D eigenvalue weighted by atomic mass is 9.97. The molecule has 1 amide bonds. The highest BCUT2D eigenvalue weighted by molar-refractivity contribution is 7.22. The van der Waals surface area contributed by atoms with Gasteiger partial charge in [0.05, 0.1) is 16.1 Å². The number of amides is 1. The average molecular weight is 413 g/mol. The summed E-state index contributed by atoms with van der Waals surface area (Å²) in [5, 5.41) is 5.30. The second-order valence-corrected chi connectivity index (χ2v) is 8.81. The summed E-state index contributed by atoms with van der Waals surface area (Å²) >= 11 is 1.71. The molecule has 2 aliphatic heterocycles. The van der Waals surface area contributed by atoms with Crippen LogP contribution in [0.4, 0.5) is 5.13 Å². The predicted molar refractivity (Wildman–Crippen MR) is 112 cm³/mol. The molecular formula is C20H24N6O2S. The molecule has 1 unspecified atom stereocenters. The van der Waals surface area contributed by atoms with E-state index in [9.17, 15) is 9.59 Å². The monoisotopic (exact) mass is 412 g/mol. The van der Waals surface area contributed by atoms with Gasteiger partial charge < -0.3 is 9.80 Å². The third kappa shape index (κ3) is 3.33. The number of fused-ring (bicyclic) bond motifs is 2. The fraction of sp³-hybridized carbons (Fsp3) is 0.500. The van der Waals surface area contributed by atoms with Crippen LogP contribution in [0.25, 0.3) is 10.2 Å². The van der Waals surface area contributed by atoms with Crippen LogP contribution in [-0.2, 0) is 24.8 Å². The Kier molecular flexibility index (Phi) is 4.61. The van der Waals surface area contributed by atoms with E-state index in [2.05, 4.69) is 16.1 Å². The van der Waals surface area contributed by atoms with Crippen molar-refractivity contribution in [1.29, 1.82) is 0 Å². The van der Waals surface area contributed by atoms with Crippen LogP contribution in [0.3, 0.4) is 0 Å². The van der Waals surface area contributed by atoms with Crippen molar-refractivity contribution in [3.63, 3.8) is 0 Å². The van der Waals surface area contributed by atoms with E-state index in [4.69, 9.17) is 4.98 Å². The Morgan fingerprint density at radius 2 is 2.03 bits per heavy atom. The molecule has 5 rings (SSSR count). The molecule has 1 fully saturated rings. The van der Waals surface area contributed by atoms with Crippen LogP contribution in [0.15, 0.2) is 29.1 Å². The maximum absolute atomic E-state index is 13.2. The van der Waals surface area contributed by atoms with Crippen molar-refractivity contribution < 1.29 is 4.79 Å². The highest BCUT2D eigenvalue weighted by atomic mass is 32.1. The van der Waals surface area contributed by atoms with Crippen LogP contribution in [-0.4, -0.2) is 56.3 Å². The van der Waals surface area contributed by atoms with E-state index in [1.54, 1.807) is 23.0 Å². The van der Waals surface area contributed by atoms with Gasteiger partial charge in [0.15, 0.2) is 5.13 Å². The van der Waals surface area contributed by atoms with E-state index < -0.39 is 0 Å². The third-order valence-electron chi connectivity index (χ3n) is 5.91. The van der Waals surface area contributed by atoms with Crippen molar-refractivity contribution >= 4 is 32.6 Å². The molecule has 1 atom stereocenters. The predicted octanol–water partition coefficient (Wildman–Crippen LogP) is 1.49. The molecule has 4 heterocycles. The largest absolute Gasteiger partial charge is 0.346 e. The fourth-order valence-corrected chi connectivity index (χ4v) is 5.34. The summed E-state index contributed by atoms with van der Waals surface area (Å²) in [5.41, 5.74) is 0.903. The topological polar surface area (TPSA) is 76.3 Å². The molecule has 3 aromatic rings. The number of hydrogen-bond acceptors (Lipinski definition) is 6. The second-order valence-electron chi connectivity index (χ2n) is 7.80. The lowest BCUT2D eigenvalue weighted by molar-refractivity contribution is -0.136. The Hall–Kier alpha value is -2.68. The smallest absolute Gasteiger partial charge is 0.345 e. The standard InChI is InChI=1S/C20H24N6O2S/c1-23-20(28)26-13-14(7-8-17(26)22-23)18(27)24-9-4-10-25(12-11-24)19-21-15-5-2-3-6-16(15)29-19/h2-3,5-6,14H,4,7-13H2,1H3. The van der Waals surface area contributed by atoms with Gasteiger partial charge in [0.2, 0.25) is 5.91 Å². The van der Waals surface area contributed by atoms with Crippen molar-refractivity contribution in [2.45, 2.75) is 25.8 Å². The number of nitrogens with zero attached hydrogens (tertiary/aromatic N) is 6. The number of carbonyl (C=O) groups is 1. The number of anilines is 1. The van der Waals surface area contributed by atoms with E-state index in [0.29, 0.717) is 19.5 Å². The number of aryl methyl sites for hydroxylation is 2. The van der Waals surface area contributed by atoms with Crippen LogP contribution in [0, 0.1) is 5.92 Å². The maximum atomic E-state index is 13.2. The first-order valence-electron chi connectivity index (χ1n) is 10.1. The summed E-state index contributed by atoms with van der Waals surface area (Å²) in [5.74, 6) is 0.815. The quantitative estimate of drug-likeness (QED) is 0.638. The number of rotatable bonds is 2. The summed E-state index contributed by atoms with van der Waals surface area (Å²) in [4.78, 5) is 34.4. The average Bonchev–Trinajstić information content (AvgIpc) is 3.18. The van der Waals surface area contributed by atoms with Gasteiger partial charge in [0, 0.05) is 46.2 Å². The lowest BCUT2D eigenvalue weighted by Gasteiger charge is -2.28. The van der Waals surface area contributed by atoms with Gasteiger partial charge in [-0.25, -0.2) is 14.5 Å². The van der Waals surface area contributed by atoms with E-state index in [-0.39, 0.29) is 17.5 Å². The van der Waals surface area contributed by atoms with Gasteiger partial charge >= 0.3 is 5.69 Å². The van der Waals surface area contributed by atoms with Gasteiger partial charge in [0.25, 0.3) is 0 Å². The number of thiazole rings is 1. The van der Waals surface area contributed by atoms with E-state index in [1.165, 1.54) is 9.38 Å². The number of benzene rings is 1. The molecule has 29 heavy (non-hydrogen) atoms. The lowest BCUT2D eigenvalue weighted by Crippen LogP contribution is -2.43. The molecule has 1 aromatic carbocycles. The molecule has 1 saturated heterocycles. The number of aromatic nitrogens is 4. The highest BCUT2D eigenvalue weighted by Crippen LogP contribution is 2.29. The summed E-state index contributed by atoms with van der Waals surface area (Å²) in [7, 11) is 1.66. The Balaban J connectivity index is 1.27. The normalized spacial score (nSPS) is 20.0. The molecule has 8 nitrogen and oxygen atoms in total. The minimum Gasteiger partial charge on any atom is -0.346 e. The van der Waals surface area contributed by atoms with Crippen LogP contribution < -0.4 is 10.6 Å². The number of carbonyl (C=O) groups excluding carboxylic acids is 1. The molecule has 0 spiro atoms. The Labute approximate surface area is 172 Å². The molecule has 0 aliphatic carbocycles. The van der Waals surface area contributed by atoms with Crippen molar-refractivity contribution in [1.82, 2.24) is 24.2 Å². The van der Waals surface area contributed by atoms with Crippen LogP contribution >= 0.6 is 11.3 Å². The Bertz CT molecular complexity index is 1080. The maximum Gasteiger partial charge on any atom is 0.345 e. The molecule has 0 radical (unpaired) electrons. The zero-order chi connectivity index (χ0) is 20.0. The molecule has 2 aliphatic rings. The van der Waals surface area contributed by atoms with Crippen molar-refractivity contribution in [2.75, 3.05) is 31.1 Å². The Morgan fingerprint density at radius 1 is 1.17 bits per heavy atom. The molecule has 2 aromatic heterocycles. The van der Waals surface area contributed by atoms with Gasteiger partial charge in [-0.05, 0) is 25.0 Å². The second kappa shape index (κ2) is 7.29. The minimum atomic E-state index is -0.140. The van der Waals surface area contributed by atoms with E-state index in [1.807, 2.05) is 23.1 Å². The summed E-state index contributed by atoms with van der Waals surface area (Å²) < 4.78 is 4.22. The van der Waals surface area contributed by atoms with Crippen LogP contribution in [0.5, 0.6) is 0 Å². The van der Waals surface area contributed by atoms with Crippen molar-refractivity contribution in [2.24, 2.45) is 13.0 Å². The highest BCUT2D eigenvalue weighted by Gasteiger charge is 2.31. The molecule has 152 valence electrons. The first-order chi connectivity index (χ1) is 14.1. The SMILES string of the molecule is Cn1nc2n(c1=O)CC(C(=O)N1CCCN(c3nc4ccccc4s3)CC1)CC2. The molecule has 0 bridgehead atoms. The van der Waals surface area contributed by atoms with Gasteiger partial charge in [-0.2, -0.15) is 5.10 Å². The zero-order valence-electron chi connectivity index (χ0n) is 16.5. The van der Waals surface area contributed by atoms with Gasteiger partial charge in [-0.15, -0.1) is 0 Å². The van der Waals surface area contributed by atoms with Gasteiger partial charge in [-0.3, -0.25) is 9.36 Å². The first-order valence-corrected chi connectivity index (χ1v) is 10.9. The van der Waals surface area contributed by atoms with E-state index >= 15 is 0 Å². The van der Waals surface area contributed by atoms with Crippen LogP contribution in [0.1, 0.15) is 18.7 Å². The number of hydrogen-bond donors (Lipinski definition) is 0. The molecule has 0 N–H and O–H groups in total. The summed E-state index contributed by atoms with van der Waals surface area (Å²) in [6.45, 7) is 3.58. The summed E-state index contributed by atoms with van der Waals surface area (Å²) in [6, 6.07) is 8.19. The van der Waals surface area contributed by atoms with Gasteiger partial charge in [-0.1, -0.05) is 23.5 Å². The molecule has 9 heteroatoms. The fourth-order valence-electron chi connectivity index (χ4n) is 4.32. The summed E-state index contributed by atoms with van der Waals surface area (Å²) in [6.07, 6.45) is 2.36. The van der Waals surface area contributed by atoms with Crippen molar-refractivity contribution in [3.8, 4) is 0 Å². The number of para-hydroxylation sites is 1. The molecule has 0 saturated carbocycles. The first kappa shape index (κ1) is 18.4. The van der Waals surface area contributed by atoms with E-state index in [0.717, 1.165) is 48.9 Å². The zero-order valence-corrected chi connectivity index (χ0v) is 17.3.